The van der Waals surface area contributed by atoms with E-state index < -0.39 is 5.41 Å². The van der Waals surface area contributed by atoms with Crippen LogP contribution in [0, 0.1) is 23.7 Å². The number of carbonyl (C=O) groups excluding carboxylic acids is 2. The molecule has 134 valence electrons. The summed E-state index contributed by atoms with van der Waals surface area (Å²) < 4.78 is 4.92. The van der Waals surface area contributed by atoms with Crippen molar-refractivity contribution in [3.63, 3.8) is 0 Å². The number of anilines is 1. The second-order valence-corrected chi connectivity index (χ2v) is 6.84. The summed E-state index contributed by atoms with van der Waals surface area (Å²) in [6, 6.07) is 3.93. The van der Waals surface area contributed by atoms with E-state index in [2.05, 4.69) is 16.5 Å². The summed E-state index contributed by atoms with van der Waals surface area (Å²) in [7, 11) is 0. The molecule has 0 bridgehead atoms. The minimum Gasteiger partial charge on any atom is -0.360 e. The van der Waals surface area contributed by atoms with Crippen LogP contribution in [0.5, 0.6) is 0 Å². The molecular weight excluding hydrogens is 322 g/mol. The molecule has 0 atom stereocenters. The number of hydrogen-bond donors (Lipinski definition) is 1. The summed E-state index contributed by atoms with van der Waals surface area (Å²) in [4.78, 5) is 28.5. The Morgan fingerprint density at radius 1 is 1.32 bits per heavy atom. The summed E-state index contributed by atoms with van der Waals surface area (Å²) in [5, 5.41) is 15.9. The number of nitrogens with one attached hydrogen (secondary N) is 1. The van der Waals surface area contributed by atoms with E-state index in [9.17, 15) is 14.9 Å². The van der Waals surface area contributed by atoms with E-state index in [-0.39, 0.29) is 18.4 Å². The predicted molar refractivity (Wildman–Crippen MR) is 89.4 cm³/mol. The zero-order valence-corrected chi connectivity index (χ0v) is 14.5. The van der Waals surface area contributed by atoms with Gasteiger partial charge in [0.2, 0.25) is 11.8 Å². The third kappa shape index (κ3) is 3.82. The SMILES string of the molecule is Cc1cc(NC(=O)CN2CCN(C(=O)C3(C#N)CCCC3)CC2)no1. The molecule has 8 heteroatoms. The first-order chi connectivity index (χ1) is 12.0. The number of piperazine rings is 1. The maximum absolute atomic E-state index is 12.7. The molecule has 1 aliphatic heterocycles. The van der Waals surface area contributed by atoms with E-state index in [0.717, 1.165) is 12.8 Å². The molecule has 3 rings (SSSR count). The van der Waals surface area contributed by atoms with Crippen LogP contribution in [-0.2, 0) is 9.59 Å². The highest BCUT2D eigenvalue weighted by atomic mass is 16.5. The zero-order chi connectivity index (χ0) is 17.9. The lowest BCUT2D eigenvalue weighted by atomic mass is 9.86. The molecule has 2 heterocycles. The van der Waals surface area contributed by atoms with Gasteiger partial charge in [0.05, 0.1) is 12.6 Å². The highest BCUT2D eigenvalue weighted by Crippen LogP contribution is 2.39. The van der Waals surface area contributed by atoms with Crippen molar-refractivity contribution in [3.05, 3.63) is 11.8 Å². The van der Waals surface area contributed by atoms with Gasteiger partial charge in [-0.05, 0) is 19.8 Å². The number of aryl methyl sites for hydroxylation is 1. The first kappa shape index (κ1) is 17.4. The molecule has 0 radical (unpaired) electrons. The van der Waals surface area contributed by atoms with E-state index in [0.29, 0.717) is 50.6 Å². The fourth-order valence-electron chi connectivity index (χ4n) is 3.57. The lowest BCUT2D eigenvalue weighted by molar-refractivity contribution is -0.140. The standard InChI is InChI=1S/C17H23N5O3/c1-13-10-14(20-25-13)19-15(23)11-21-6-8-22(9-7-21)16(24)17(12-18)4-2-3-5-17/h10H,2-9,11H2,1H3,(H,19,20,23). The first-order valence-corrected chi connectivity index (χ1v) is 8.68. The van der Waals surface area contributed by atoms with Gasteiger partial charge >= 0.3 is 0 Å². The average Bonchev–Trinajstić information content (AvgIpc) is 3.24. The number of carbonyl (C=O) groups is 2. The number of amides is 2. The molecule has 1 aromatic heterocycles. The fourth-order valence-corrected chi connectivity index (χ4v) is 3.57. The van der Waals surface area contributed by atoms with Gasteiger partial charge in [0.1, 0.15) is 11.2 Å². The van der Waals surface area contributed by atoms with Crippen molar-refractivity contribution >= 4 is 17.6 Å². The van der Waals surface area contributed by atoms with Gasteiger partial charge < -0.3 is 14.7 Å². The highest BCUT2D eigenvalue weighted by Gasteiger charge is 2.44. The molecule has 0 spiro atoms. The van der Waals surface area contributed by atoms with E-state index in [1.165, 1.54) is 0 Å². The summed E-state index contributed by atoms with van der Waals surface area (Å²) in [5.41, 5.74) is -0.815. The quantitative estimate of drug-likeness (QED) is 0.878. The minimum atomic E-state index is -0.815. The van der Waals surface area contributed by atoms with Gasteiger partial charge in [0.25, 0.3) is 0 Å². The van der Waals surface area contributed by atoms with Crippen LogP contribution in [0.4, 0.5) is 5.82 Å². The van der Waals surface area contributed by atoms with Gasteiger partial charge in [-0.25, -0.2) is 0 Å². The van der Waals surface area contributed by atoms with Crippen LogP contribution in [0.3, 0.4) is 0 Å². The fraction of sp³-hybridized carbons (Fsp3) is 0.647. The van der Waals surface area contributed by atoms with Crippen LogP contribution in [0.15, 0.2) is 10.6 Å². The molecule has 0 unspecified atom stereocenters. The Balaban J connectivity index is 1.48. The number of nitriles is 1. The van der Waals surface area contributed by atoms with Crippen LogP contribution in [-0.4, -0.2) is 59.5 Å². The molecule has 25 heavy (non-hydrogen) atoms. The van der Waals surface area contributed by atoms with Crippen molar-refractivity contribution in [1.82, 2.24) is 15.0 Å². The van der Waals surface area contributed by atoms with E-state index in [4.69, 9.17) is 4.52 Å². The van der Waals surface area contributed by atoms with E-state index >= 15 is 0 Å². The Bertz CT molecular complexity index is 679. The number of nitrogens with zero attached hydrogens (tertiary/aromatic N) is 4. The topological polar surface area (TPSA) is 102 Å². The van der Waals surface area contributed by atoms with Crippen molar-refractivity contribution in [2.45, 2.75) is 32.6 Å². The molecular formula is C17H23N5O3. The second-order valence-electron chi connectivity index (χ2n) is 6.84. The Morgan fingerprint density at radius 3 is 2.56 bits per heavy atom. The van der Waals surface area contributed by atoms with E-state index in [1.54, 1.807) is 17.9 Å². The normalized spacial score (nSPS) is 20.2. The number of rotatable bonds is 4. The predicted octanol–water partition coefficient (Wildman–Crippen LogP) is 1.15. The Hall–Kier alpha value is -2.40. The minimum absolute atomic E-state index is 0.0327. The van der Waals surface area contributed by atoms with Crippen molar-refractivity contribution in [1.29, 1.82) is 5.26 Å². The average molecular weight is 345 g/mol. The van der Waals surface area contributed by atoms with E-state index in [1.807, 2.05) is 4.90 Å². The molecule has 1 N–H and O–H groups in total. The molecule has 1 saturated carbocycles. The summed E-state index contributed by atoms with van der Waals surface area (Å²) in [6.07, 6.45) is 3.23. The molecule has 1 aliphatic carbocycles. The summed E-state index contributed by atoms with van der Waals surface area (Å²) in [5.74, 6) is 0.862. The molecule has 1 aromatic rings. The van der Waals surface area contributed by atoms with Crippen LogP contribution >= 0.6 is 0 Å². The third-order valence-corrected chi connectivity index (χ3v) is 5.00. The summed E-state index contributed by atoms with van der Waals surface area (Å²) >= 11 is 0. The van der Waals surface area contributed by atoms with Gasteiger partial charge in [-0.15, -0.1) is 0 Å². The maximum Gasteiger partial charge on any atom is 0.243 e. The molecule has 0 aromatic carbocycles. The lowest BCUT2D eigenvalue weighted by Crippen LogP contribution is -2.53. The molecule has 8 nitrogen and oxygen atoms in total. The van der Waals surface area contributed by atoms with Crippen molar-refractivity contribution in [3.8, 4) is 6.07 Å². The molecule has 1 saturated heterocycles. The van der Waals surface area contributed by atoms with Crippen LogP contribution < -0.4 is 5.32 Å². The van der Waals surface area contributed by atoms with Crippen LogP contribution in [0.2, 0.25) is 0 Å². The van der Waals surface area contributed by atoms with Crippen molar-refractivity contribution in [2.24, 2.45) is 5.41 Å². The van der Waals surface area contributed by atoms with Crippen molar-refractivity contribution in [2.75, 3.05) is 38.0 Å². The Kier molecular flexibility index (Phi) is 5.04. The van der Waals surface area contributed by atoms with Gasteiger partial charge in [-0.3, -0.25) is 14.5 Å². The first-order valence-electron chi connectivity index (χ1n) is 8.68. The largest absolute Gasteiger partial charge is 0.360 e. The molecule has 2 fully saturated rings. The Morgan fingerprint density at radius 2 is 2.00 bits per heavy atom. The van der Waals surface area contributed by atoms with Gasteiger partial charge in [-0.2, -0.15) is 5.26 Å². The molecule has 2 aliphatic rings. The maximum atomic E-state index is 12.7. The Labute approximate surface area is 146 Å². The van der Waals surface area contributed by atoms with Crippen LogP contribution in [0.25, 0.3) is 0 Å². The van der Waals surface area contributed by atoms with Gasteiger partial charge in [0.15, 0.2) is 5.82 Å². The zero-order valence-electron chi connectivity index (χ0n) is 14.5. The highest BCUT2D eigenvalue weighted by molar-refractivity contribution is 5.91. The second kappa shape index (κ2) is 7.23. The third-order valence-electron chi connectivity index (χ3n) is 5.00. The number of aromatic nitrogens is 1. The van der Waals surface area contributed by atoms with Gasteiger partial charge in [0, 0.05) is 32.2 Å². The van der Waals surface area contributed by atoms with Gasteiger partial charge in [-0.1, -0.05) is 18.0 Å². The number of hydrogen-bond acceptors (Lipinski definition) is 6. The lowest BCUT2D eigenvalue weighted by Gasteiger charge is -2.37. The smallest absolute Gasteiger partial charge is 0.243 e. The monoisotopic (exact) mass is 345 g/mol. The summed E-state index contributed by atoms with van der Waals surface area (Å²) in [6.45, 7) is 4.36. The molecule has 2 amide bonds. The van der Waals surface area contributed by atoms with Crippen LogP contribution in [0.1, 0.15) is 31.4 Å². The van der Waals surface area contributed by atoms with Crippen molar-refractivity contribution < 1.29 is 14.1 Å².